The zero-order chi connectivity index (χ0) is 19.8. The monoisotopic (exact) mass is 408 g/mol. The Hall–Kier alpha value is -2.67. The van der Waals surface area contributed by atoms with Gasteiger partial charge in [-0.05, 0) is 43.4 Å². The second-order valence-corrected chi connectivity index (χ2v) is 8.65. The van der Waals surface area contributed by atoms with E-state index in [4.69, 9.17) is 0 Å². The minimum absolute atomic E-state index is 0.0125. The molecule has 0 unspecified atom stereocenters. The fraction of sp³-hybridized carbons (Fsp3) is 0.318. The Morgan fingerprint density at radius 3 is 2.45 bits per heavy atom. The summed E-state index contributed by atoms with van der Waals surface area (Å²) >= 11 is 1.39. The Kier molecular flexibility index (Phi) is 4.83. The normalized spacial score (nSPS) is 17.1. The molecule has 0 saturated heterocycles. The highest BCUT2D eigenvalue weighted by atomic mass is 32.2. The van der Waals surface area contributed by atoms with E-state index in [1.807, 2.05) is 34.9 Å². The average Bonchev–Trinajstić information content (AvgIpc) is 3.67. The van der Waals surface area contributed by atoms with Crippen LogP contribution in [0.25, 0.3) is 11.4 Å². The summed E-state index contributed by atoms with van der Waals surface area (Å²) in [6, 6.07) is 16.9. The molecule has 1 atom stereocenters. The smallest absolute Gasteiger partial charge is 0.238 e. The zero-order valence-electron chi connectivity index (χ0n) is 15.8. The van der Waals surface area contributed by atoms with E-state index in [1.165, 1.54) is 17.8 Å². The standard InChI is InChI=1S/C22H21FN4OS/c23-18-9-5-4-8-17(18)20-25-26-22(27(20)16-12-13-16)29-19(14-6-2-1-3-7-14)21(28)24-15-10-11-15/h1-9,15-16,19H,10-13H2,(H,24,28)/t19-/m1/s1. The molecule has 3 aromatic rings. The first-order valence-corrected chi connectivity index (χ1v) is 10.8. The van der Waals surface area contributed by atoms with Gasteiger partial charge in [0.15, 0.2) is 11.0 Å². The molecule has 7 heteroatoms. The minimum atomic E-state index is -0.424. The number of nitrogens with zero attached hydrogens (tertiary/aromatic N) is 3. The van der Waals surface area contributed by atoms with Crippen molar-refractivity contribution in [3.63, 3.8) is 0 Å². The number of carbonyl (C=O) groups excluding carboxylic acids is 1. The van der Waals surface area contributed by atoms with Gasteiger partial charge in [0.25, 0.3) is 0 Å². The van der Waals surface area contributed by atoms with Crippen LogP contribution >= 0.6 is 11.8 Å². The summed E-state index contributed by atoms with van der Waals surface area (Å²) in [5.41, 5.74) is 1.37. The van der Waals surface area contributed by atoms with Gasteiger partial charge in [0, 0.05) is 12.1 Å². The molecule has 1 amide bonds. The second-order valence-electron chi connectivity index (χ2n) is 7.58. The molecule has 5 rings (SSSR count). The third-order valence-corrected chi connectivity index (χ3v) is 6.39. The lowest BCUT2D eigenvalue weighted by molar-refractivity contribution is -0.120. The summed E-state index contributed by atoms with van der Waals surface area (Å²) in [5, 5.41) is 12.0. The third kappa shape index (κ3) is 3.92. The summed E-state index contributed by atoms with van der Waals surface area (Å²) in [4.78, 5) is 13.0. The van der Waals surface area contributed by atoms with Gasteiger partial charge in [0.05, 0.1) is 5.56 Å². The quantitative estimate of drug-likeness (QED) is 0.584. The maximum Gasteiger partial charge on any atom is 0.238 e. The van der Waals surface area contributed by atoms with E-state index < -0.39 is 5.25 Å². The first-order valence-electron chi connectivity index (χ1n) is 9.92. The minimum Gasteiger partial charge on any atom is -0.352 e. The molecule has 0 spiro atoms. The Morgan fingerprint density at radius 2 is 1.76 bits per heavy atom. The highest BCUT2D eigenvalue weighted by Gasteiger charge is 2.34. The van der Waals surface area contributed by atoms with Crippen molar-refractivity contribution >= 4 is 17.7 Å². The fourth-order valence-electron chi connectivity index (χ4n) is 3.36. The van der Waals surface area contributed by atoms with E-state index in [-0.39, 0.29) is 23.8 Å². The van der Waals surface area contributed by atoms with Crippen LogP contribution in [0.2, 0.25) is 0 Å². The van der Waals surface area contributed by atoms with Gasteiger partial charge < -0.3 is 5.32 Å². The Bertz CT molecular complexity index is 1030. The van der Waals surface area contributed by atoms with E-state index in [0.717, 1.165) is 31.2 Å². The number of thioether (sulfide) groups is 1. The van der Waals surface area contributed by atoms with Crippen LogP contribution in [0.15, 0.2) is 59.8 Å². The highest BCUT2D eigenvalue weighted by molar-refractivity contribution is 8.00. The SMILES string of the molecule is O=C(NC1CC1)[C@H](Sc1nnc(-c2ccccc2F)n1C1CC1)c1ccccc1. The number of hydrogen-bond donors (Lipinski definition) is 1. The summed E-state index contributed by atoms with van der Waals surface area (Å²) in [6.45, 7) is 0. The summed E-state index contributed by atoms with van der Waals surface area (Å²) in [7, 11) is 0. The summed E-state index contributed by atoms with van der Waals surface area (Å²) < 4.78 is 16.4. The molecule has 1 N–H and O–H groups in total. The first-order chi connectivity index (χ1) is 14.2. The molecule has 0 aliphatic heterocycles. The Morgan fingerprint density at radius 1 is 1.03 bits per heavy atom. The molecule has 2 aromatic carbocycles. The average molecular weight is 409 g/mol. The lowest BCUT2D eigenvalue weighted by Crippen LogP contribution is -2.30. The van der Waals surface area contributed by atoms with Crippen molar-refractivity contribution in [1.82, 2.24) is 20.1 Å². The van der Waals surface area contributed by atoms with Gasteiger partial charge >= 0.3 is 0 Å². The summed E-state index contributed by atoms with van der Waals surface area (Å²) in [5.74, 6) is 0.202. The van der Waals surface area contributed by atoms with Gasteiger partial charge in [-0.1, -0.05) is 54.2 Å². The van der Waals surface area contributed by atoms with Gasteiger partial charge in [-0.15, -0.1) is 10.2 Å². The van der Waals surface area contributed by atoms with Crippen molar-refractivity contribution in [2.75, 3.05) is 0 Å². The van der Waals surface area contributed by atoms with Crippen molar-refractivity contribution in [3.8, 4) is 11.4 Å². The molecule has 2 aliphatic carbocycles. The largest absolute Gasteiger partial charge is 0.352 e. The first kappa shape index (κ1) is 18.4. The molecule has 2 fully saturated rings. The molecular weight excluding hydrogens is 387 g/mol. The zero-order valence-corrected chi connectivity index (χ0v) is 16.6. The van der Waals surface area contributed by atoms with Crippen LogP contribution in [-0.4, -0.2) is 26.7 Å². The maximum absolute atomic E-state index is 14.4. The lowest BCUT2D eigenvalue weighted by atomic mass is 10.1. The van der Waals surface area contributed by atoms with Crippen molar-refractivity contribution in [2.24, 2.45) is 0 Å². The van der Waals surface area contributed by atoms with E-state index in [2.05, 4.69) is 15.5 Å². The number of rotatable bonds is 7. The van der Waals surface area contributed by atoms with Gasteiger partial charge in [-0.2, -0.15) is 0 Å². The predicted octanol–water partition coefficient (Wildman–Crippen LogP) is 4.53. The number of benzene rings is 2. The van der Waals surface area contributed by atoms with Crippen LogP contribution in [0.5, 0.6) is 0 Å². The number of nitrogens with one attached hydrogen (secondary N) is 1. The fourth-order valence-corrected chi connectivity index (χ4v) is 4.47. The molecule has 29 heavy (non-hydrogen) atoms. The van der Waals surface area contributed by atoms with Gasteiger partial charge in [-0.3, -0.25) is 9.36 Å². The molecule has 2 saturated carbocycles. The van der Waals surface area contributed by atoms with Crippen LogP contribution in [0.3, 0.4) is 0 Å². The van der Waals surface area contributed by atoms with Gasteiger partial charge in [0.1, 0.15) is 11.1 Å². The number of aromatic nitrogens is 3. The van der Waals surface area contributed by atoms with Crippen LogP contribution < -0.4 is 5.32 Å². The number of carbonyl (C=O) groups is 1. The molecule has 0 bridgehead atoms. The topological polar surface area (TPSA) is 59.8 Å². The van der Waals surface area contributed by atoms with Crippen molar-refractivity contribution < 1.29 is 9.18 Å². The van der Waals surface area contributed by atoms with Gasteiger partial charge in [0.2, 0.25) is 5.91 Å². The molecule has 1 aromatic heterocycles. The molecule has 148 valence electrons. The third-order valence-electron chi connectivity index (χ3n) is 5.18. The van der Waals surface area contributed by atoms with Crippen molar-refractivity contribution in [3.05, 3.63) is 66.0 Å². The Balaban J connectivity index is 1.50. The van der Waals surface area contributed by atoms with Crippen molar-refractivity contribution in [2.45, 2.75) is 48.2 Å². The lowest BCUT2D eigenvalue weighted by Gasteiger charge is -2.17. The van der Waals surface area contributed by atoms with Crippen LogP contribution in [0.1, 0.15) is 42.5 Å². The van der Waals surface area contributed by atoms with Crippen LogP contribution in [0, 0.1) is 5.82 Å². The molecule has 5 nitrogen and oxygen atoms in total. The van der Waals surface area contributed by atoms with Gasteiger partial charge in [-0.25, -0.2) is 4.39 Å². The summed E-state index contributed by atoms with van der Waals surface area (Å²) in [6.07, 6.45) is 4.09. The molecular formula is C22H21FN4OS. The maximum atomic E-state index is 14.4. The Labute approximate surface area is 172 Å². The molecule has 2 aliphatic rings. The van der Waals surface area contributed by atoms with Crippen molar-refractivity contribution in [1.29, 1.82) is 0 Å². The number of amides is 1. The van der Waals surface area contributed by atoms with E-state index in [9.17, 15) is 9.18 Å². The van der Waals surface area contributed by atoms with Crippen LogP contribution in [-0.2, 0) is 4.79 Å². The van der Waals surface area contributed by atoms with E-state index >= 15 is 0 Å². The number of hydrogen-bond acceptors (Lipinski definition) is 4. The number of halogens is 1. The predicted molar refractivity (Wildman–Crippen MR) is 110 cm³/mol. The van der Waals surface area contributed by atoms with E-state index in [0.29, 0.717) is 16.5 Å². The molecule has 0 radical (unpaired) electrons. The van der Waals surface area contributed by atoms with Crippen LogP contribution in [0.4, 0.5) is 4.39 Å². The highest BCUT2D eigenvalue weighted by Crippen LogP contribution is 2.44. The molecule has 1 heterocycles. The van der Waals surface area contributed by atoms with E-state index in [1.54, 1.807) is 18.2 Å². The second kappa shape index (κ2) is 7.63.